The number of benzene rings is 4. The van der Waals surface area contributed by atoms with Gasteiger partial charge in [-0.2, -0.15) is 0 Å². The number of Topliss-reactive ketones (excluding diaryl/α,β-unsaturated/α-hetero) is 2. The van der Waals surface area contributed by atoms with E-state index in [0.717, 1.165) is 11.1 Å². The van der Waals surface area contributed by atoms with E-state index >= 15 is 4.79 Å². The number of nitrogens with zero attached hydrogens (tertiary/aromatic N) is 1. The van der Waals surface area contributed by atoms with Crippen LogP contribution < -0.4 is 19.5 Å². The van der Waals surface area contributed by atoms with Gasteiger partial charge in [0.2, 0.25) is 12.7 Å². The zero-order chi connectivity index (χ0) is 30.0. The lowest BCUT2D eigenvalue weighted by Crippen LogP contribution is -2.49. The van der Waals surface area contributed by atoms with E-state index < -0.39 is 23.4 Å². The number of rotatable bonds is 6. The Kier molecular flexibility index (Phi) is 5.88. The number of ether oxygens (including phenoxy) is 3. The van der Waals surface area contributed by atoms with Crippen molar-refractivity contribution in [1.29, 1.82) is 0 Å². The summed E-state index contributed by atoms with van der Waals surface area (Å²) in [6.07, 6.45) is 3.81. The molecule has 44 heavy (non-hydrogen) atoms. The second-order valence-corrected chi connectivity index (χ2v) is 11.3. The minimum absolute atomic E-state index is 0.0690. The number of ketones is 2. The summed E-state index contributed by atoms with van der Waals surface area (Å²) in [6.45, 7) is 2.28. The van der Waals surface area contributed by atoms with Gasteiger partial charge in [-0.1, -0.05) is 54.6 Å². The topological polar surface area (TPSA) is 94.2 Å². The molecule has 1 amide bonds. The molecule has 4 aromatic carbocycles. The zero-order valence-electron chi connectivity index (χ0n) is 23.9. The van der Waals surface area contributed by atoms with Gasteiger partial charge in [0.25, 0.3) is 0 Å². The highest BCUT2D eigenvalue weighted by atomic mass is 16.7. The van der Waals surface area contributed by atoms with Crippen molar-refractivity contribution in [3.63, 3.8) is 0 Å². The van der Waals surface area contributed by atoms with Crippen LogP contribution in [0.1, 0.15) is 50.4 Å². The van der Waals surface area contributed by atoms with Crippen molar-refractivity contribution in [3.8, 4) is 17.2 Å². The minimum atomic E-state index is -1.43. The Hall–Kier alpha value is -5.37. The third-order valence-corrected chi connectivity index (χ3v) is 9.23. The van der Waals surface area contributed by atoms with Crippen molar-refractivity contribution < 1.29 is 28.6 Å². The molecule has 0 bridgehead atoms. The molecular weight excluding hydrogens is 556 g/mol. The Morgan fingerprint density at radius 1 is 0.932 bits per heavy atom. The van der Waals surface area contributed by atoms with Gasteiger partial charge in [-0.3, -0.25) is 14.4 Å². The number of fused-ring (bicyclic) bond motifs is 7. The quantitative estimate of drug-likeness (QED) is 0.287. The molecule has 0 radical (unpaired) electrons. The number of nitrogens with one attached hydrogen (secondary N) is 1. The monoisotopic (exact) mass is 584 g/mol. The SMILES string of the molecule is CCOc1ccccc1C(=O)[C@H]1[C@H](C(=O)c2ccc3c(c2)OCO3)N2C=Cc3ccccc3[C@@H]2[C@]12C(=O)Nc1ccccc12. The standard InChI is InChI=1S/C36H28N2O6/c1-2-42-27-14-8-5-11-24(27)33(40)30-31(32(39)22-15-16-28-29(19-22)44-20-43-28)38-18-17-21-9-3-4-10-23(21)34(38)36(30)25-12-6-7-13-26(25)37-35(36)41/h3-19,30-31,34H,2,20H2,1H3,(H,37,41)/t30-,31-,34-,36-/m1/s1. The van der Waals surface area contributed by atoms with Crippen LogP contribution >= 0.6 is 0 Å². The Bertz CT molecular complexity index is 1900. The molecule has 1 spiro atoms. The summed E-state index contributed by atoms with van der Waals surface area (Å²) in [5.74, 6) is -0.612. The van der Waals surface area contributed by atoms with Crippen molar-refractivity contribution in [2.24, 2.45) is 5.92 Å². The van der Waals surface area contributed by atoms with E-state index in [1.807, 2.05) is 72.6 Å². The van der Waals surface area contributed by atoms with Gasteiger partial charge in [0, 0.05) is 17.5 Å². The van der Waals surface area contributed by atoms with Crippen molar-refractivity contribution in [1.82, 2.24) is 4.90 Å². The molecule has 0 aromatic heterocycles. The molecular formula is C36H28N2O6. The molecule has 4 aliphatic rings. The van der Waals surface area contributed by atoms with Crippen molar-refractivity contribution in [2.75, 3.05) is 18.7 Å². The van der Waals surface area contributed by atoms with Crippen LogP contribution in [0.5, 0.6) is 17.2 Å². The van der Waals surface area contributed by atoms with E-state index in [4.69, 9.17) is 14.2 Å². The fourth-order valence-electron chi connectivity index (χ4n) is 7.51. The van der Waals surface area contributed by atoms with Gasteiger partial charge in [-0.25, -0.2) is 0 Å². The number of amides is 1. The van der Waals surface area contributed by atoms with Crippen LogP contribution in [0.25, 0.3) is 6.08 Å². The average molecular weight is 585 g/mol. The lowest BCUT2D eigenvalue weighted by molar-refractivity contribution is -0.122. The maximum absolute atomic E-state index is 15.1. The van der Waals surface area contributed by atoms with E-state index in [1.165, 1.54) is 0 Å². The number of hydrogen-bond acceptors (Lipinski definition) is 7. The normalized spacial score (nSPS) is 23.6. The number of hydrogen-bond donors (Lipinski definition) is 1. The van der Waals surface area contributed by atoms with Gasteiger partial charge in [-0.15, -0.1) is 0 Å². The van der Waals surface area contributed by atoms with E-state index in [2.05, 4.69) is 5.32 Å². The summed E-state index contributed by atoms with van der Waals surface area (Å²) >= 11 is 0. The summed E-state index contributed by atoms with van der Waals surface area (Å²) in [7, 11) is 0. The first-order valence-electron chi connectivity index (χ1n) is 14.7. The Morgan fingerprint density at radius 3 is 2.59 bits per heavy atom. The highest BCUT2D eigenvalue weighted by Crippen LogP contribution is 2.62. The summed E-state index contributed by atoms with van der Waals surface area (Å²) in [5, 5.41) is 3.08. The van der Waals surface area contributed by atoms with Crippen LogP contribution in [0.2, 0.25) is 0 Å². The second kappa shape index (κ2) is 9.84. The van der Waals surface area contributed by atoms with Crippen molar-refractivity contribution in [2.45, 2.75) is 24.4 Å². The van der Waals surface area contributed by atoms with Crippen LogP contribution in [-0.4, -0.2) is 41.8 Å². The summed E-state index contributed by atoms with van der Waals surface area (Å²) in [6, 6.07) is 25.8. The van der Waals surface area contributed by atoms with Gasteiger partial charge >= 0.3 is 0 Å². The van der Waals surface area contributed by atoms with Crippen molar-refractivity contribution in [3.05, 3.63) is 125 Å². The molecule has 1 saturated heterocycles. The Balaban J connectivity index is 1.41. The minimum Gasteiger partial charge on any atom is -0.493 e. The molecule has 8 rings (SSSR count). The maximum atomic E-state index is 15.1. The molecule has 8 nitrogen and oxygen atoms in total. The fourth-order valence-corrected chi connectivity index (χ4v) is 7.51. The fraction of sp³-hybridized carbons (Fsp3) is 0.194. The maximum Gasteiger partial charge on any atom is 0.238 e. The molecule has 4 heterocycles. The molecule has 8 heteroatoms. The van der Waals surface area contributed by atoms with Crippen LogP contribution in [0.15, 0.2) is 97.2 Å². The summed E-state index contributed by atoms with van der Waals surface area (Å²) < 4.78 is 17.0. The predicted octanol–water partition coefficient (Wildman–Crippen LogP) is 5.80. The largest absolute Gasteiger partial charge is 0.493 e. The van der Waals surface area contributed by atoms with E-state index in [9.17, 15) is 9.59 Å². The molecule has 1 N–H and O–H groups in total. The van der Waals surface area contributed by atoms with E-state index in [1.54, 1.807) is 42.5 Å². The number of carbonyl (C=O) groups is 3. The van der Waals surface area contributed by atoms with E-state index in [-0.39, 0.29) is 24.3 Å². The number of carbonyl (C=O) groups excluding carboxylic acids is 3. The molecule has 1 fully saturated rings. The highest BCUT2D eigenvalue weighted by Gasteiger charge is 2.71. The molecule has 218 valence electrons. The van der Waals surface area contributed by atoms with Crippen LogP contribution in [0.4, 0.5) is 5.69 Å². The lowest BCUT2D eigenvalue weighted by atomic mass is 9.62. The van der Waals surface area contributed by atoms with Gasteiger partial charge in [0.15, 0.2) is 23.1 Å². The van der Waals surface area contributed by atoms with Gasteiger partial charge < -0.3 is 24.4 Å². The van der Waals surface area contributed by atoms with Gasteiger partial charge in [0.1, 0.15) is 17.2 Å². The third-order valence-electron chi connectivity index (χ3n) is 9.23. The van der Waals surface area contributed by atoms with Crippen LogP contribution in [-0.2, 0) is 10.2 Å². The highest BCUT2D eigenvalue weighted by molar-refractivity contribution is 6.17. The van der Waals surface area contributed by atoms with Crippen LogP contribution in [0.3, 0.4) is 0 Å². The van der Waals surface area contributed by atoms with Gasteiger partial charge in [0.05, 0.1) is 24.1 Å². The smallest absolute Gasteiger partial charge is 0.238 e. The zero-order valence-corrected chi connectivity index (χ0v) is 23.9. The summed E-state index contributed by atoms with van der Waals surface area (Å²) in [5.41, 5.74) is 2.40. The first-order chi connectivity index (χ1) is 21.5. The average Bonchev–Trinajstić information content (AvgIpc) is 3.74. The lowest BCUT2D eigenvalue weighted by Gasteiger charge is -2.38. The second-order valence-electron chi connectivity index (χ2n) is 11.3. The first kappa shape index (κ1) is 26.3. The number of anilines is 1. The molecule has 0 unspecified atom stereocenters. The Morgan fingerprint density at radius 2 is 1.70 bits per heavy atom. The summed E-state index contributed by atoms with van der Waals surface area (Å²) in [4.78, 5) is 46.5. The first-order valence-corrected chi connectivity index (χ1v) is 14.7. The van der Waals surface area contributed by atoms with Crippen molar-refractivity contribution >= 4 is 29.2 Å². The molecule has 0 saturated carbocycles. The molecule has 4 aromatic rings. The Labute approximate surface area is 253 Å². The van der Waals surface area contributed by atoms with Gasteiger partial charge in [-0.05, 0) is 66.1 Å². The predicted molar refractivity (Wildman–Crippen MR) is 163 cm³/mol. The molecule has 0 aliphatic carbocycles. The third kappa shape index (κ3) is 3.54. The molecule has 4 aliphatic heterocycles. The van der Waals surface area contributed by atoms with Crippen LogP contribution in [0, 0.1) is 5.92 Å². The van der Waals surface area contributed by atoms with E-state index in [0.29, 0.717) is 46.2 Å². The molecule has 4 atom stereocenters. The number of para-hydroxylation sites is 2.